The standard InChI is InChI=1S/C13H20N2O/c1-3-8-15(4-2)13(16)12-11-7-5-6-10(11)9-14-12/h1,10-12,14H,4-9H2,2H3. The lowest BCUT2D eigenvalue weighted by atomic mass is 9.93. The van der Waals surface area contributed by atoms with E-state index in [0.717, 1.165) is 12.5 Å². The number of terminal acetylenes is 1. The third-order valence-electron chi connectivity index (χ3n) is 3.99. The fourth-order valence-corrected chi connectivity index (χ4v) is 3.11. The van der Waals surface area contributed by atoms with Gasteiger partial charge < -0.3 is 10.2 Å². The topological polar surface area (TPSA) is 32.3 Å². The zero-order valence-corrected chi connectivity index (χ0v) is 9.91. The minimum Gasteiger partial charge on any atom is -0.330 e. The van der Waals surface area contributed by atoms with E-state index >= 15 is 0 Å². The molecule has 3 atom stereocenters. The molecule has 2 rings (SSSR count). The summed E-state index contributed by atoms with van der Waals surface area (Å²) in [5, 5.41) is 3.37. The maximum Gasteiger partial charge on any atom is 0.240 e. The van der Waals surface area contributed by atoms with E-state index in [1.807, 2.05) is 6.92 Å². The van der Waals surface area contributed by atoms with Crippen molar-refractivity contribution in [2.75, 3.05) is 19.6 Å². The molecule has 1 heterocycles. The molecule has 1 N–H and O–H groups in total. The van der Waals surface area contributed by atoms with Crippen molar-refractivity contribution in [3.05, 3.63) is 0 Å². The van der Waals surface area contributed by atoms with Crippen LogP contribution in [0.3, 0.4) is 0 Å². The minimum absolute atomic E-state index is 0.0285. The molecule has 1 aliphatic carbocycles. The van der Waals surface area contributed by atoms with E-state index < -0.39 is 0 Å². The first-order chi connectivity index (χ1) is 7.77. The summed E-state index contributed by atoms with van der Waals surface area (Å²) in [6.07, 6.45) is 9.04. The highest BCUT2D eigenvalue weighted by molar-refractivity contribution is 5.83. The number of nitrogens with one attached hydrogen (secondary N) is 1. The Morgan fingerprint density at radius 2 is 2.38 bits per heavy atom. The quantitative estimate of drug-likeness (QED) is 0.715. The third-order valence-corrected chi connectivity index (χ3v) is 3.99. The van der Waals surface area contributed by atoms with Gasteiger partial charge in [0, 0.05) is 6.54 Å². The van der Waals surface area contributed by atoms with E-state index in [9.17, 15) is 4.79 Å². The number of rotatable bonds is 3. The number of carbonyl (C=O) groups is 1. The molecule has 16 heavy (non-hydrogen) atoms. The van der Waals surface area contributed by atoms with Gasteiger partial charge in [0.2, 0.25) is 5.91 Å². The van der Waals surface area contributed by atoms with Crippen molar-refractivity contribution in [3.8, 4) is 12.3 Å². The lowest BCUT2D eigenvalue weighted by Gasteiger charge is -2.25. The SMILES string of the molecule is C#CCN(CC)C(=O)C1NCC2CCCC21. The number of fused-ring (bicyclic) bond motifs is 1. The highest BCUT2D eigenvalue weighted by Gasteiger charge is 2.43. The van der Waals surface area contributed by atoms with Crippen LogP contribution in [0.4, 0.5) is 0 Å². The van der Waals surface area contributed by atoms with Crippen molar-refractivity contribution in [2.24, 2.45) is 11.8 Å². The van der Waals surface area contributed by atoms with Crippen LogP contribution < -0.4 is 5.32 Å². The fourth-order valence-electron chi connectivity index (χ4n) is 3.11. The molecule has 0 spiro atoms. The van der Waals surface area contributed by atoms with Crippen molar-refractivity contribution in [1.82, 2.24) is 10.2 Å². The van der Waals surface area contributed by atoms with Gasteiger partial charge >= 0.3 is 0 Å². The summed E-state index contributed by atoms with van der Waals surface area (Å²) in [6.45, 7) is 4.13. The molecular weight excluding hydrogens is 200 g/mol. The Hall–Kier alpha value is -1.01. The van der Waals surface area contributed by atoms with Crippen LogP contribution in [-0.2, 0) is 4.79 Å². The monoisotopic (exact) mass is 220 g/mol. The number of carbonyl (C=O) groups excluding carboxylic acids is 1. The van der Waals surface area contributed by atoms with Gasteiger partial charge in [0.25, 0.3) is 0 Å². The Balaban J connectivity index is 2.01. The third kappa shape index (κ3) is 1.94. The van der Waals surface area contributed by atoms with Crippen molar-refractivity contribution in [2.45, 2.75) is 32.2 Å². The largest absolute Gasteiger partial charge is 0.330 e. The summed E-state index contributed by atoms with van der Waals surface area (Å²) >= 11 is 0. The Kier molecular flexibility index (Phi) is 3.50. The van der Waals surface area contributed by atoms with Crippen LogP contribution in [0.2, 0.25) is 0 Å². The maximum atomic E-state index is 12.3. The van der Waals surface area contributed by atoms with E-state index in [1.165, 1.54) is 19.3 Å². The molecule has 0 aromatic carbocycles. The molecule has 0 aromatic heterocycles. The summed E-state index contributed by atoms with van der Waals surface area (Å²) in [7, 11) is 0. The first-order valence-electron chi connectivity index (χ1n) is 6.23. The molecule has 1 saturated carbocycles. The van der Waals surface area contributed by atoms with Gasteiger partial charge in [-0.1, -0.05) is 12.3 Å². The molecule has 3 unspecified atom stereocenters. The number of amides is 1. The molecular formula is C13H20N2O. The van der Waals surface area contributed by atoms with Gasteiger partial charge in [-0.2, -0.15) is 0 Å². The fraction of sp³-hybridized carbons (Fsp3) is 0.769. The molecule has 0 bridgehead atoms. The molecule has 2 aliphatic rings. The van der Waals surface area contributed by atoms with Crippen LogP contribution in [0.25, 0.3) is 0 Å². The predicted molar refractivity (Wildman–Crippen MR) is 63.7 cm³/mol. The maximum absolute atomic E-state index is 12.3. The Bertz CT molecular complexity index is 308. The molecule has 2 fully saturated rings. The zero-order valence-electron chi connectivity index (χ0n) is 9.91. The molecule has 0 aromatic rings. The van der Waals surface area contributed by atoms with E-state index in [1.54, 1.807) is 4.90 Å². The number of hydrogen-bond donors (Lipinski definition) is 1. The number of nitrogens with zero attached hydrogens (tertiary/aromatic N) is 1. The molecule has 0 radical (unpaired) electrons. The lowest BCUT2D eigenvalue weighted by Crippen LogP contribution is -2.46. The molecule has 3 nitrogen and oxygen atoms in total. The second kappa shape index (κ2) is 4.88. The average molecular weight is 220 g/mol. The lowest BCUT2D eigenvalue weighted by molar-refractivity contribution is -0.133. The van der Waals surface area contributed by atoms with E-state index in [2.05, 4.69) is 11.2 Å². The predicted octanol–water partition coefficient (Wildman–Crippen LogP) is 0.856. The van der Waals surface area contributed by atoms with Crippen LogP contribution >= 0.6 is 0 Å². The van der Waals surface area contributed by atoms with Crippen LogP contribution in [0.1, 0.15) is 26.2 Å². The number of hydrogen-bond acceptors (Lipinski definition) is 2. The zero-order chi connectivity index (χ0) is 11.5. The highest BCUT2D eigenvalue weighted by Crippen LogP contribution is 2.38. The van der Waals surface area contributed by atoms with Crippen molar-refractivity contribution < 1.29 is 4.79 Å². The summed E-state index contributed by atoms with van der Waals surface area (Å²) in [4.78, 5) is 14.1. The van der Waals surface area contributed by atoms with Crippen LogP contribution in [-0.4, -0.2) is 36.5 Å². The second-order valence-corrected chi connectivity index (χ2v) is 4.80. The molecule has 3 heteroatoms. The number of likely N-dealkylation sites (N-methyl/N-ethyl adjacent to an activating group) is 1. The molecule has 1 saturated heterocycles. The highest BCUT2D eigenvalue weighted by atomic mass is 16.2. The van der Waals surface area contributed by atoms with Gasteiger partial charge in [-0.05, 0) is 38.1 Å². The average Bonchev–Trinajstić information content (AvgIpc) is 2.86. The molecule has 88 valence electrons. The van der Waals surface area contributed by atoms with Gasteiger partial charge in [0.15, 0.2) is 0 Å². The minimum atomic E-state index is 0.0285. The van der Waals surface area contributed by atoms with Gasteiger partial charge in [0.1, 0.15) is 0 Å². The van der Waals surface area contributed by atoms with Gasteiger partial charge in [-0.25, -0.2) is 0 Å². The summed E-state index contributed by atoms with van der Waals surface area (Å²) < 4.78 is 0. The summed E-state index contributed by atoms with van der Waals surface area (Å²) in [5.41, 5.74) is 0. The summed E-state index contributed by atoms with van der Waals surface area (Å²) in [6, 6.07) is 0.0285. The smallest absolute Gasteiger partial charge is 0.240 e. The molecule has 1 aliphatic heterocycles. The first kappa shape index (κ1) is 11.5. The van der Waals surface area contributed by atoms with Gasteiger partial charge in [0.05, 0.1) is 12.6 Å². The Labute approximate surface area is 97.6 Å². The normalized spacial score (nSPS) is 32.1. The summed E-state index contributed by atoms with van der Waals surface area (Å²) in [5.74, 6) is 4.04. The van der Waals surface area contributed by atoms with Gasteiger partial charge in [-0.15, -0.1) is 6.42 Å². The van der Waals surface area contributed by atoms with E-state index in [4.69, 9.17) is 6.42 Å². The molecule has 1 amide bonds. The Morgan fingerprint density at radius 1 is 1.56 bits per heavy atom. The first-order valence-corrected chi connectivity index (χ1v) is 6.23. The van der Waals surface area contributed by atoms with Crippen LogP contribution in [0, 0.1) is 24.2 Å². The second-order valence-electron chi connectivity index (χ2n) is 4.80. The van der Waals surface area contributed by atoms with E-state index in [0.29, 0.717) is 19.0 Å². The van der Waals surface area contributed by atoms with E-state index in [-0.39, 0.29) is 11.9 Å². The van der Waals surface area contributed by atoms with Crippen molar-refractivity contribution >= 4 is 5.91 Å². The Morgan fingerprint density at radius 3 is 3.06 bits per heavy atom. The van der Waals surface area contributed by atoms with Crippen LogP contribution in [0.15, 0.2) is 0 Å². The van der Waals surface area contributed by atoms with Crippen molar-refractivity contribution in [3.63, 3.8) is 0 Å². The van der Waals surface area contributed by atoms with Crippen molar-refractivity contribution in [1.29, 1.82) is 0 Å². The van der Waals surface area contributed by atoms with Gasteiger partial charge in [-0.3, -0.25) is 4.79 Å². The van der Waals surface area contributed by atoms with Crippen LogP contribution in [0.5, 0.6) is 0 Å².